The van der Waals surface area contributed by atoms with E-state index in [4.69, 9.17) is 14.7 Å². The van der Waals surface area contributed by atoms with Gasteiger partial charge in [0.2, 0.25) is 0 Å². The Bertz CT molecular complexity index is 618. The molecule has 0 saturated carbocycles. The van der Waals surface area contributed by atoms with Crippen LogP contribution in [0, 0.1) is 11.3 Å². The molecular weight excluding hydrogens is 294 g/mol. The second-order valence-corrected chi connectivity index (χ2v) is 5.30. The maximum atomic E-state index is 11.8. The van der Waals surface area contributed by atoms with Crippen LogP contribution in [0.15, 0.2) is 30.0 Å². The zero-order valence-electron chi connectivity index (χ0n) is 14.1. The Kier molecular flexibility index (Phi) is 6.94. The number of benzene rings is 1. The zero-order chi connectivity index (χ0) is 17.4. The average Bonchev–Trinajstić information content (AvgIpc) is 2.53. The summed E-state index contributed by atoms with van der Waals surface area (Å²) >= 11 is 0. The lowest BCUT2D eigenvalue weighted by Gasteiger charge is -2.15. The van der Waals surface area contributed by atoms with Crippen molar-refractivity contribution in [3.8, 4) is 17.6 Å². The van der Waals surface area contributed by atoms with Crippen molar-refractivity contribution < 1.29 is 14.3 Å². The first kappa shape index (κ1) is 18.4. The third kappa shape index (κ3) is 5.22. The van der Waals surface area contributed by atoms with E-state index in [1.54, 1.807) is 14.2 Å². The molecule has 0 saturated heterocycles. The highest BCUT2D eigenvalue weighted by Gasteiger charge is 2.12. The summed E-state index contributed by atoms with van der Waals surface area (Å²) < 4.78 is 10.5. The molecule has 1 amide bonds. The van der Waals surface area contributed by atoms with E-state index in [9.17, 15) is 4.79 Å². The van der Waals surface area contributed by atoms with Crippen molar-refractivity contribution >= 4 is 5.91 Å². The van der Waals surface area contributed by atoms with Crippen LogP contribution in [0.2, 0.25) is 0 Å². The molecule has 0 fully saturated rings. The van der Waals surface area contributed by atoms with Gasteiger partial charge in [0.1, 0.15) is 11.6 Å². The van der Waals surface area contributed by atoms with Gasteiger partial charge in [0.15, 0.2) is 11.5 Å². The van der Waals surface area contributed by atoms with Crippen LogP contribution in [0.4, 0.5) is 0 Å². The van der Waals surface area contributed by atoms with Crippen LogP contribution in [-0.4, -0.2) is 26.2 Å². The van der Waals surface area contributed by atoms with Gasteiger partial charge >= 0.3 is 0 Å². The Morgan fingerprint density at radius 3 is 2.39 bits per heavy atom. The molecule has 1 aromatic carbocycles. The van der Waals surface area contributed by atoms with E-state index in [1.807, 2.05) is 45.0 Å². The SMILES string of the molecule is COc1ccc(C(C)N/C=C(/C#N)C(=O)NC(C)C)cc1OC. The largest absolute Gasteiger partial charge is 0.493 e. The van der Waals surface area contributed by atoms with Crippen LogP contribution < -0.4 is 20.1 Å². The summed E-state index contributed by atoms with van der Waals surface area (Å²) in [6.07, 6.45) is 1.43. The lowest BCUT2D eigenvalue weighted by molar-refractivity contribution is -0.117. The van der Waals surface area contributed by atoms with Crippen LogP contribution in [0.1, 0.15) is 32.4 Å². The Labute approximate surface area is 137 Å². The number of nitriles is 1. The highest BCUT2D eigenvalue weighted by molar-refractivity contribution is 5.97. The number of ether oxygens (including phenoxy) is 2. The average molecular weight is 317 g/mol. The summed E-state index contributed by atoms with van der Waals surface area (Å²) in [5.74, 6) is 0.878. The molecule has 1 atom stereocenters. The van der Waals surface area contributed by atoms with E-state index in [0.717, 1.165) is 5.56 Å². The molecule has 1 aromatic rings. The predicted molar refractivity (Wildman–Crippen MR) is 88.1 cm³/mol. The van der Waals surface area contributed by atoms with Gasteiger partial charge < -0.3 is 20.1 Å². The first-order chi connectivity index (χ1) is 10.9. The molecule has 0 aromatic heterocycles. The maximum absolute atomic E-state index is 11.8. The summed E-state index contributed by atoms with van der Waals surface area (Å²) in [5, 5.41) is 14.8. The van der Waals surface area contributed by atoms with Crippen molar-refractivity contribution in [3.05, 3.63) is 35.5 Å². The van der Waals surface area contributed by atoms with Gasteiger partial charge in [-0.3, -0.25) is 4.79 Å². The molecule has 0 spiro atoms. The van der Waals surface area contributed by atoms with Gasteiger partial charge in [-0.15, -0.1) is 0 Å². The minimum Gasteiger partial charge on any atom is -0.493 e. The maximum Gasteiger partial charge on any atom is 0.263 e. The lowest BCUT2D eigenvalue weighted by atomic mass is 10.1. The second kappa shape index (κ2) is 8.69. The number of hydrogen-bond acceptors (Lipinski definition) is 5. The topological polar surface area (TPSA) is 83.4 Å². The first-order valence-electron chi connectivity index (χ1n) is 7.32. The van der Waals surface area contributed by atoms with Crippen molar-refractivity contribution in [3.63, 3.8) is 0 Å². The van der Waals surface area contributed by atoms with Crippen molar-refractivity contribution in [1.29, 1.82) is 5.26 Å². The van der Waals surface area contributed by atoms with E-state index in [0.29, 0.717) is 11.5 Å². The Morgan fingerprint density at radius 2 is 1.87 bits per heavy atom. The third-order valence-electron chi connectivity index (χ3n) is 3.17. The van der Waals surface area contributed by atoms with Gasteiger partial charge in [0.25, 0.3) is 5.91 Å². The number of hydrogen-bond donors (Lipinski definition) is 2. The molecule has 1 unspecified atom stereocenters. The number of rotatable bonds is 7. The molecule has 0 heterocycles. The quantitative estimate of drug-likeness (QED) is 0.595. The summed E-state index contributed by atoms with van der Waals surface area (Å²) in [6.45, 7) is 5.60. The highest BCUT2D eigenvalue weighted by atomic mass is 16.5. The summed E-state index contributed by atoms with van der Waals surface area (Å²) in [4.78, 5) is 11.8. The van der Waals surface area contributed by atoms with Gasteiger partial charge in [-0.2, -0.15) is 5.26 Å². The molecule has 23 heavy (non-hydrogen) atoms. The number of methoxy groups -OCH3 is 2. The van der Waals surface area contributed by atoms with E-state index >= 15 is 0 Å². The van der Waals surface area contributed by atoms with Crippen molar-refractivity contribution in [2.24, 2.45) is 0 Å². The number of amides is 1. The van der Waals surface area contributed by atoms with Crippen LogP contribution >= 0.6 is 0 Å². The van der Waals surface area contributed by atoms with Crippen LogP contribution in [0.25, 0.3) is 0 Å². The third-order valence-corrected chi connectivity index (χ3v) is 3.17. The predicted octanol–water partition coefficient (Wildman–Crippen LogP) is 2.29. The normalized spacial score (nSPS) is 12.3. The first-order valence-corrected chi connectivity index (χ1v) is 7.32. The summed E-state index contributed by atoms with van der Waals surface area (Å²) in [5.41, 5.74) is 0.978. The number of nitrogens with zero attached hydrogens (tertiary/aromatic N) is 1. The monoisotopic (exact) mass is 317 g/mol. The molecule has 1 rings (SSSR count). The summed E-state index contributed by atoms with van der Waals surface area (Å²) in [6, 6.07) is 7.32. The van der Waals surface area contributed by atoms with Gasteiger partial charge in [-0.1, -0.05) is 6.07 Å². The van der Waals surface area contributed by atoms with Gasteiger partial charge in [0, 0.05) is 18.3 Å². The van der Waals surface area contributed by atoms with Crippen molar-refractivity contribution in [1.82, 2.24) is 10.6 Å². The lowest BCUT2D eigenvalue weighted by Crippen LogP contribution is -2.31. The second-order valence-electron chi connectivity index (χ2n) is 5.30. The Morgan fingerprint density at radius 1 is 1.22 bits per heavy atom. The number of carbonyl (C=O) groups excluding carboxylic acids is 1. The summed E-state index contributed by atoms with van der Waals surface area (Å²) in [7, 11) is 3.15. The van der Waals surface area contributed by atoms with Crippen LogP contribution in [-0.2, 0) is 4.79 Å². The van der Waals surface area contributed by atoms with Gasteiger partial charge in [0.05, 0.1) is 14.2 Å². The molecular formula is C17H23N3O3. The molecule has 6 nitrogen and oxygen atoms in total. The molecule has 6 heteroatoms. The number of carbonyl (C=O) groups is 1. The minimum atomic E-state index is -0.394. The van der Waals surface area contributed by atoms with Crippen molar-refractivity contribution in [2.45, 2.75) is 32.9 Å². The van der Waals surface area contributed by atoms with Gasteiger partial charge in [-0.05, 0) is 38.5 Å². The molecule has 0 aliphatic rings. The zero-order valence-corrected chi connectivity index (χ0v) is 14.1. The van der Waals surface area contributed by atoms with Gasteiger partial charge in [-0.25, -0.2) is 0 Å². The van der Waals surface area contributed by atoms with E-state index < -0.39 is 5.91 Å². The molecule has 0 radical (unpaired) electrons. The smallest absolute Gasteiger partial charge is 0.263 e. The number of nitrogens with one attached hydrogen (secondary N) is 2. The molecule has 124 valence electrons. The van der Waals surface area contributed by atoms with E-state index in [1.165, 1.54) is 6.20 Å². The van der Waals surface area contributed by atoms with Crippen LogP contribution in [0.3, 0.4) is 0 Å². The molecule has 0 bridgehead atoms. The van der Waals surface area contributed by atoms with E-state index in [-0.39, 0.29) is 17.7 Å². The Hall–Kier alpha value is -2.68. The van der Waals surface area contributed by atoms with E-state index in [2.05, 4.69) is 10.6 Å². The Balaban J connectivity index is 2.86. The minimum absolute atomic E-state index is 0.0254. The fourth-order valence-electron chi connectivity index (χ4n) is 1.92. The standard InChI is InChI=1S/C17H23N3O3/c1-11(2)20-17(21)14(9-18)10-19-12(3)13-6-7-15(22-4)16(8-13)23-5/h6-8,10-12,19H,1-5H3,(H,20,21)/b14-10-. The van der Waals surface area contributed by atoms with Crippen molar-refractivity contribution in [2.75, 3.05) is 14.2 Å². The fraction of sp³-hybridized carbons (Fsp3) is 0.412. The fourth-order valence-corrected chi connectivity index (χ4v) is 1.92. The molecule has 0 aliphatic carbocycles. The molecule has 0 aliphatic heterocycles. The molecule has 2 N–H and O–H groups in total. The van der Waals surface area contributed by atoms with Crippen LogP contribution in [0.5, 0.6) is 11.5 Å². The highest BCUT2D eigenvalue weighted by Crippen LogP contribution is 2.29.